The molecule has 6 rings (SSSR count). The van der Waals surface area contributed by atoms with Gasteiger partial charge in [0.05, 0.1) is 11.7 Å². The number of hydrogen-bond acceptors (Lipinski definition) is 8. The molecule has 0 atom stereocenters. The summed E-state index contributed by atoms with van der Waals surface area (Å²) in [5, 5.41) is 6.28. The third-order valence-corrected chi connectivity index (χ3v) is 8.49. The fourth-order valence-corrected chi connectivity index (χ4v) is 6.24. The van der Waals surface area contributed by atoms with E-state index in [4.69, 9.17) is 4.42 Å². The summed E-state index contributed by atoms with van der Waals surface area (Å²) in [6.45, 7) is 2.76. The summed E-state index contributed by atoms with van der Waals surface area (Å²) in [5.41, 5.74) is 2.22. The fraction of sp³-hybridized carbons (Fsp3) is 0.345. The molecule has 2 fully saturated rings. The molecular weight excluding hydrogens is 514 g/mol. The predicted molar refractivity (Wildman–Crippen MR) is 148 cm³/mol. The molecule has 39 heavy (non-hydrogen) atoms. The highest BCUT2D eigenvalue weighted by molar-refractivity contribution is 7.10. The number of hydrogen-bond donors (Lipinski definition) is 1. The van der Waals surface area contributed by atoms with Crippen LogP contribution in [0.1, 0.15) is 52.4 Å². The van der Waals surface area contributed by atoms with E-state index in [-0.39, 0.29) is 17.6 Å². The quantitative estimate of drug-likeness (QED) is 0.392. The van der Waals surface area contributed by atoms with E-state index in [1.165, 1.54) is 16.7 Å². The highest BCUT2D eigenvalue weighted by atomic mass is 32.1. The Hall–Kier alpha value is -3.89. The molecule has 2 saturated heterocycles. The van der Waals surface area contributed by atoms with Gasteiger partial charge in [-0.05, 0) is 86.7 Å². The van der Waals surface area contributed by atoms with E-state index >= 15 is 0 Å². The number of amides is 3. The van der Waals surface area contributed by atoms with Crippen molar-refractivity contribution in [2.24, 2.45) is 5.41 Å². The molecule has 6 heterocycles. The van der Waals surface area contributed by atoms with Crippen LogP contribution in [0.3, 0.4) is 0 Å². The van der Waals surface area contributed by atoms with E-state index in [9.17, 15) is 14.4 Å². The van der Waals surface area contributed by atoms with Gasteiger partial charge in [0, 0.05) is 36.9 Å². The fourth-order valence-electron chi connectivity index (χ4n) is 5.62. The Bertz CT molecular complexity index is 1430. The van der Waals surface area contributed by atoms with Crippen LogP contribution in [0, 0.1) is 5.41 Å². The van der Waals surface area contributed by atoms with Gasteiger partial charge in [0.1, 0.15) is 10.8 Å². The third kappa shape index (κ3) is 5.09. The van der Waals surface area contributed by atoms with Gasteiger partial charge in [-0.2, -0.15) is 0 Å². The number of pyridine rings is 1. The molecule has 9 nitrogen and oxygen atoms in total. The van der Waals surface area contributed by atoms with Gasteiger partial charge < -0.3 is 14.6 Å². The minimum atomic E-state index is -0.669. The summed E-state index contributed by atoms with van der Waals surface area (Å²) < 4.78 is 5.32. The van der Waals surface area contributed by atoms with Gasteiger partial charge in [-0.1, -0.05) is 5.57 Å². The maximum absolute atomic E-state index is 13.7. The zero-order valence-corrected chi connectivity index (χ0v) is 22.3. The number of fused-ring (bicyclic) bond motifs is 1. The van der Waals surface area contributed by atoms with E-state index in [0.29, 0.717) is 51.3 Å². The standard InChI is InChI=1S/C29H29N5O4S/c35-25(33-12-5-20(6-13-33)17-24-31-11-15-39-24)4-3-21-16-22-18-29(7-9-30-10-8-29)28(37)34(26(22)32-19-21)27(36)23-2-1-14-38-23/h1-4,11,14-17,19,30H,5-10,12-13,18H2/b4-3+. The van der Waals surface area contributed by atoms with Crippen LogP contribution in [0.15, 0.2) is 58.3 Å². The molecule has 0 aliphatic carbocycles. The SMILES string of the molecule is O=C(/C=C/c1cnc2c(c1)CC1(CCNCC1)C(=O)N2C(=O)c1ccco1)N1CCC(=Cc2nccs2)CC1. The van der Waals surface area contributed by atoms with E-state index in [1.807, 2.05) is 16.3 Å². The number of carbonyl (C=O) groups excluding carboxylic acids is 3. The van der Waals surface area contributed by atoms with Crippen molar-refractivity contribution in [3.63, 3.8) is 0 Å². The summed E-state index contributed by atoms with van der Waals surface area (Å²) in [6.07, 6.45) is 13.8. The highest BCUT2D eigenvalue weighted by Crippen LogP contribution is 2.43. The van der Waals surface area contributed by atoms with Crippen LogP contribution in [0.4, 0.5) is 5.82 Å². The lowest BCUT2D eigenvalue weighted by molar-refractivity contribution is -0.130. The van der Waals surface area contributed by atoms with Crippen molar-refractivity contribution < 1.29 is 18.8 Å². The van der Waals surface area contributed by atoms with Crippen LogP contribution in [0.5, 0.6) is 0 Å². The zero-order valence-electron chi connectivity index (χ0n) is 21.5. The van der Waals surface area contributed by atoms with Crippen LogP contribution < -0.4 is 10.2 Å². The number of carbonyl (C=O) groups is 3. The number of furan rings is 1. The third-order valence-electron chi connectivity index (χ3n) is 7.77. The van der Waals surface area contributed by atoms with Gasteiger partial charge in [-0.3, -0.25) is 14.4 Å². The Labute approximate surface area is 230 Å². The first-order valence-electron chi connectivity index (χ1n) is 13.2. The summed E-state index contributed by atoms with van der Waals surface area (Å²) in [6, 6.07) is 5.12. The molecule has 3 amide bonds. The number of anilines is 1. The normalized spacial score (nSPS) is 19.0. The molecule has 0 radical (unpaired) electrons. The molecule has 3 aromatic heterocycles. The smallest absolute Gasteiger partial charge is 0.301 e. The average molecular weight is 544 g/mol. The lowest BCUT2D eigenvalue weighted by Gasteiger charge is -2.43. The van der Waals surface area contributed by atoms with E-state index < -0.39 is 11.3 Å². The predicted octanol–water partition coefficient (Wildman–Crippen LogP) is 3.95. The van der Waals surface area contributed by atoms with E-state index in [1.54, 1.807) is 48.0 Å². The Morgan fingerprint density at radius 3 is 2.69 bits per heavy atom. The molecule has 200 valence electrons. The number of piperidine rings is 2. The molecular formula is C29H29N5O4S. The number of imide groups is 1. The largest absolute Gasteiger partial charge is 0.459 e. The minimum Gasteiger partial charge on any atom is -0.459 e. The van der Waals surface area contributed by atoms with Crippen LogP contribution in [-0.2, 0) is 16.0 Å². The second kappa shape index (κ2) is 10.7. The first-order chi connectivity index (χ1) is 19.0. The summed E-state index contributed by atoms with van der Waals surface area (Å²) >= 11 is 1.61. The van der Waals surface area contributed by atoms with E-state index in [2.05, 4.69) is 21.4 Å². The van der Waals surface area contributed by atoms with Gasteiger partial charge in [0.2, 0.25) is 11.8 Å². The summed E-state index contributed by atoms with van der Waals surface area (Å²) in [4.78, 5) is 51.8. The monoisotopic (exact) mass is 543 g/mol. The van der Waals surface area contributed by atoms with Crippen molar-refractivity contribution in [2.45, 2.75) is 32.1 Å². The van der Waals surface area contributed by atoms with Crippen LogP contribution in [-0.4, -0.2) is 58.8 Å². The van der Waals surface area contributed by atoms with Crippen LogP contribution >= 0.6 is 11.3 Å². The molecule has 1 N–H and O–H groups in total. The molecule has 3 aliphatic heterocycles. The van der Waals surface area contributed by atoms with Gasteiger partial charge in [-0.25, -0.2) is 14.9 Å². The molecule has 0 aromatic carbocycles. The Morgan fingerprint density at radius 1 is 1.15 bits per heavy atom. The minimum absolute atomic E-state index is 0.0411. The molecule has 1 spiro atoms. The van der Waals surface area contributed by atoms with Gasteiger partial charge >= 0.3 is 5.91 Å². The average Bonchev–Trinajstić information content (AvgIpc) is 3.68. The second-order valence-electron chi connectivity index (χ2n) is 10.2. The lowest BCUT2D eigenvalue weighted by Crippen LogP contribution is -2.55. The van der Waals surface area contributed by atoms with Crippen molar-refractivity contribution in [1.82, 2.24) is 20.2 Å². The van der Waals surface area contributed by atoms with Crippen molar-refractivity contribution in [2.75, 3.05) is 31.1 Å². The first kappa shape index (κ1) is 25.4. The molecule has 0 saturated carbocycles. The van der Waals surface area contributed by atoms with Crippen molar-refractivity contribution >= 4 is 47.0 Å². The molecule has 0 unspecified atom stereocenters. The molecule has 10 heteroatoms. The maximum atomic E-state index is 13.7. The zero-order chi connectivity index (χ0) is 26.8. The number of likely N-dealkylation sites (tertiary alicyclic amines) is 1. The Morgan fingerprint density at radius 2 is 1.97 bits per heavy atom. The summed E-state index contributed by atoms with van der Waals surface area (Å²) in [7, 11) is 0. The summed E-state index contributed by atoms with van der Waals surface area (Å²) in [5.74, 6) is -0.339. The second-order valence-corrected chi connectivity index (χ2v) is 11.1. The topological polar surface area (TPSA) is 109 Å². The first-order valence-corrected chi connectivity index (χ1v) is 14.1. The lowest BCUT2D eigenvalue weighted by atomic mass is 9.71. The number of rotatable bonds is 4. The van der Waals surface area contributed by atoms with Crippen molar-refractivity contribution in [3.8, 4) is 0 Å². The highest BCUT2D eigenvalue weighted by Gasteiger charge is 2.49. The van der Waals surface area contributed by atoms with Crippen LogP contribution in [0.25, 0.3) is 12.2 Å². The van der Waals surface area contributed by atoms with Crippen molar-refractivity contribution in [1.29, 1.82) is 0 Å². The Balaban J connectivity index is 1.20. The molecule has 3 aliphatic rings. The number of aromatic nitrogens is 2. The van der Waals surface area contributed by atoms with Crippen molar-refractivity contribution in [3.05, 3.63) is 75.8 Å². The van der Waals surface area contributed by atoms with Crippen LogP contribution in [0.2, 0.25) is 0 Å². The number of nitrogens with one attached hydrogen (secondary N) is 1. The van der Waals surface area contributed by atoms with Gasteiger partial charge in [-0.15, -0.1) is 11.3 Å². The molecule has 3 aromatic rings. The molecule has 0 bridgehead atoms. The van der Waals surface area contributed by atoms with Gasteiger partial charge in [0.15, 0.2) is 5.76 Å². The Kier molecular flexibility index (Phi) is 6.97. The van der Waals surface area contributed by atoms with Gasteiger partial charge in [0.25, 0.3) is 0 Å². The van der Waals surface area contributed by atoms with E-state index in [0.717, 1.165) is 29.0 Å². The number of thiazole rings is 1. The number of nitrogens with zero attached hydrogens (tertiary/aromatic N) is 4. The maximum Gasteiger partial charge on any atom is 0.301 e.